The van der Waals surface area contributed by atoms with Crippen LogP contribution in [0.2, 0.25) is 0 Å². The molecule has 2 heterocycles. The van der Waals surface area contributed by atoms with Gasteiger partial charge in [-0.3, -0.25) is 9.67 Å². The van der Waals surface area contributed by atoms with Crippen molar-refractivity contribution in [3.8, 4) is 0 Å². The number of hydrogen-bond donors (Lipinski definition) is 1. The average Bonchev–Trinajstić information content (AvgIpc) is 3.10. The van der Waals surface area contributed by atoms with Crippen LogP contribution in [0, 0.1) is 13.8 Å². The molecule has 0 saturated carbocycles. The molecule has 0 spiro atoms. The molecule has 0 amide bonds. The van der Waals surface area contributed by atoms with E-state index in [-0.39, 0.29) is 24.0 Å². The standard InChI is InChI=1S/C18H30N6O.HI/c1-14-17(15(2)24(21-14)10-11-25-6)12-20-18(19-3)23(5)13-16-8-7-9-22(16)4;/h7-9H,10-13H2,1-6H3,(H,19,20);1H. The van der Waals surface area contributed by atoms with Crippen molar-refractivity contribution >= 4 is 29.9 Å². The van der Waals surface area contributed by atoms with Gasteiger partial charge in [-0.15, -0.1) is 24.0 Å². The van der Waals surface area contributed by atoms with E-state index in [1.165, 1.54) is 17.0 Å². The molecule has 0 fully saturated rings. The van der Waals surface area contributed by atoms with Crippen LogP contribution >= 0.6 is 24.0 Å². The molecule has 0 bridgehead atoms. The summed E-state index contributed by atoms with van der Waals surface area (Å²) in [6.45, 7) is 7.08. The molecule has 7 nitrogen and oxygen atoms in total. The number of nitrogens with zero attached hydrogens (tertiary/aromatic N) is 5. The largest absolute Gasteiger partial charge is 0.383 e. The van der Waals surface area contributed by atoms with Crippen LogP contribution in [-0.2, 0) is 31.4 Å². The van der Waals surface area contributed by atoms with E-state index in [0.717, 1.165) is 24.7 Å². The lowest BCUT2D eigenvalue weighted by atomic mass is 10.2. The molecule has 2 aromatic heterocycles. The van der Waals surface area contributed by atoms with Crippen LogP contribution in [0.3, 0.4) is 0 Å². The molecule has 146 valence electrons. The fraction of sp³-hybridized carbons (Fsp3) is 0.556. The van der Waals surface area contributed by atoms with Crippen LogP contribution in [0.15, 0.2) is 23.3 Å². The van der Waals surface area contributed by atoms with E-state index in [1.54, 1.807) is 7.11 Å². The number of aromatic nitrogens is 3. The number of aliphatic imine (C=N–C) groups is 1. The monoisotopic (exact) mass is 474 g/mol. The first-order valence-electron chi connectivity index (χ1n) is 8.51. The molecule has 0 aromatic carbocycles. The Bertz CT molecular complexity index is 721. The summed E-state index contributed by atoms with van der Waals surface area (Å²) in [6, 6.07) is 4.18. The van der Waals surface area contributed by atoms with Gasteiger partial charge >= 0.3 is 0 Å². The van der Waals surface area contributed by atoms with Crippen LogP contribution in [0.25, 0.3) is 0 Å². The second-order valence-corrected chi connectivity index (χ2v) is 6.23. The minimum Gasteiger partial charge on any atom is -0.383 e. The fourth-order valence-electron chi connectivity index (χ4n) is 2.92. The van der Waals surface area contributed by atoms with Crippen molar-refractivity contribution in [3.05, 3.63) is 41.0 Å². The summed E-state index contributed by atoms with van der Waals surface area (Å²) in [6.07, 6.45) is 2.06. The van der Waals surface area contributed by atoms with Crippen molar-refractivity contribution < 1.29 is 4.74 Å². The number of halogens is 1. The Morgan fingerprint density at radius 1 is 1.38 bits per heavy atom. The maximum Gasteiger partial charge on any atom is 0.194 e. The zero-order chi connectivity index (χ0) is 18.4. The molecule has 0 aliphatic rings. The van der Waals surface area contributed by atoms with Crippen LogP contribution in [-0.4, -0.2) is 53.0 Å². The molecule has 8 heteroatoms. The third-order valence-corrected chi connectivity index (χ3v) is 4.49. The molecular weight excluding hydrogens is 443 g/mol. The summed E-state index contributed by atoms with van der Waals surface area (Å²) in [5.41, 5.74) is 4.67. The van der Waals surface area contributed by atoms with E-state index in [9.17, 15) is 0 Å². The summed E-state index contributed by atoms with van der Waals surface area (Å²) in [7, 11) is 7.62. The normalized spacial score (nSPS) is 11.4. The van der Waals surface area contributed by atoms with Gasteiger partial charge in [0.1, 0.15) is 0 Å². The third kappa shape index (κ3) is 5.47. The van der Waals surface area contributed by atoms with Gasteiger partial charge in [0.15, 0.2) is 5.96 Å². The third-order valence-electron chi connectivity index (χ3n) is 4.49. The van der Waals surface area contributed by atoms with Gasteiger partial charge in [-0.25, -0.2) is 0 Å². The maximum atomic E-state index is 5.15. The van der Waals surface area contributed by atoms with Gasteiger partial charge in [-0.05, 0) is 26.0 Å². The van der Waals surface area contributed by atoms with Gasteiger partial charge < -0.3 is 19.5 Å². The number of aryl methyl sites for hydroxylation is 2. The minimum absolute atomic E-state index is 0. The number of ether oxygens (including phenoxy) is 1. The maximum absolute atomic E-state index is 5.15. The van der Waals surface area contributed by atoms with Gasteiger partial charge in [0, 0.05) is 57.9 Å². The first-order chi connectivity index (χ1) is 12.0. The molecule has 2 rings (SSSR count). The summed E-state index contributed by atoms with van der Waals surface area (Å²) in [5.74, 6) is 0.865. The van der Waals surface area contributed by atoms with Gasteiger partial charge in [-0.1, -0.05) is 0 Å². The van der Waals surface area contributed by atoms with Crippen molar-refractivity contribution in [2.24, 2.45) is 12.0 Å². The minimum atomic E-state index is 0. The van der Waals surface area contributed by atoms with Gasteiger partial charge in [0.2, 0.25) is 0 Å². The van der Waals surface area contributed by atoms with E-state index in [2.05, 4.69) is 57.2 Å². The molecule has 0 aliphatic carbocycles. The van der Waals surface area contributed by atoms with Crippen molar-refractivity contribution in [1.82, 2.24) is 24.6 Å². The van der Waals surface area contributed by atoms with Gasteiger partial charge in [0.05, 0.1) is 25.4 Å². The number of methoxy groups -OCH3 is 1. The Morgan fingerprint density at radius 2 is 2.12 bits per heavy atom. The van der Waals surface area contributed by atoms with Crippen LogP contribution in [0.1, 0.15) is 22.6 Å². The lowest BCUT2D eigenvalue weighted by molar-refractivity contribution is 0.182. The Kier molecular flexibility index (Phi) is 9.14. The highest BCUT2D eigenvalue weighted by molar-refractivity contribution is 14.0. The van der Waals surface area contributed by atoms with E-state index in [4.69, 9.17) is 4.74 Å². The Balaban J connectivity index is 0.00000338. The van der Waals surface area contributed by atoms with E-state index < -0.39 is 0 Å². The van der Waals surface area contributed by atoms with Crippen molar-refractivity contribution in [2.45, 2.75) is 33.5 Å². The summed E-state index contributed by atoms with van der Waals surface area (Å²) < 4.78 is 9.28. The fourth-order valence-corrected chi connectivity index (χ4v) is 2.92. The van der Waals surface area contributed by atoms with E-state index in [1.807, 2.05) is 25.7 Å². The predicted octanol–water partition coefficient (Wildman–Crippen LogP) is 2.31. The van der Waals surface area contributed by atoms with Gasteiger partial charge in [-0.2, -0.15) is 5.10 Å². The lowest BCUT2D eigenvalue weighted by Crippen LogP contribution is -2.38. The number of rotatable bonds is 7. The van der Waals surface area contributed by atoms with Crippen LogP contribution in [0.5, 0.6) is 0 Å². The number of guanidine groups is 1. The summed E-state index contributed by atoms with van der Waals surface area (Å²) in [5, 5.41) is 8.06. The molecule has 0 atom stereocenters. The molecule has 2 aromatic rings. The number of hydrogen-bond acceptors (Lipinski definition) is 3. The smallest absolute Gasteiger partial charge is 0.194 e. The Hall–Kier alpha value is -1.55. The second-order valence-electron chi connectivity index (χ2n) is 6.23. The topological polar surface area (TPSA) is 59.6 Å². The first kappa shape index (κ1) is 22.5. The Labute approximate surface area is 173 Å². The molecule has 0 saturated heterocycles. The highest BCUT2D eigenvalue weighted by Gasteiger charge is 2.13. The van der Waals surface area contributed by atoms with Crippen molar-refractivity contribution in [1.29, 1.82) is 0 Å². The predicted molar refractivity (Wildman–Crippen MR) is 116 cm³/mol. The number of nitrogens with one attached hydrogen (secondary N) is 1. The van der Waals surface area contributed by atoms with Crippen molar-refractivity contribution in [2.75, 3.05) is 27.8 Å². The molecule has 0 unspecified atom stereocenters. The van der Waals surface area contributed by atoms with E-state index >= 15 is 0 Å². The zero-order valence-electron chi connectivity index (χ0n) is 16.6. The molecule has 26 heavy (non-hydrogen) atoms. The molecule has 0 radical (unpaired) electrons. The first-order valence-corrected chi connectivity index (χ1v) is 8.51. The Morgan fingerprint density at radius 3 is 2.69 bits per heavy atom. The SMILES string of the molecule is CN=C(NCc1c(C)nn(CCOC)c1C)N(C)Cc1cccn1C.I. The molecule has 0 aliphatic heterocycles. The molecule has 1 N–H and O–H groups in total. The summed E-state index contributed by atoms with van der Waals surface area (Å²) in [4.78, 5) is 6.52. The lowest BCUT2D eigenvalue weighted by Gasteiger charge is -2.22. The summed E-state index contributed by atoms with van der Waals surface area (Å²) >= 11 is 0. The quantitative estimate of drug-likeness (QED) is 0.380. The zero-order valence-corrected chi connectivity index (χ0v) is 18.9. The average molecular weight is 474 g/mol. The van der Waals surface area contributed by atoms with Crippen LogP contribution < -0.4 is 5.32 Å². The van der Waals surface area contributed by atoms with E-state index in [0.29, 0.717) is 13.2 Å². The van der Waals surface area contributed by atoms with Crippen LogP contribution in [0.4, 0.5) is 0 Å². The van der Waals surface area contributed by atoms with Gasteiger partial charge in [0.25, 0.3) is 0 Å². The highest BCUT2D eigenvalue weighted by atomic mass is 127. The molecular formula is C18H31IN6O. The van der Waals surface area contributed by atoms with Crippen molar-refractivity contribution in [3.63, 3.8) is 0 Å². The second kappa shape index (κ2) is 10.6. The highest BCUT2D eigenvalue weighted by Crippen LogP contribution is 2.13.